The molecule has 0 atom stereocenters. The van der Waals surface area contributed by atoms with Crippen molar-refractivity contribution >= 4 is 34.8 Å². The Morgan fingerprint density at radius 1 is 1.26 bits per heavy atom. The van der Waals surface area contributed by atoms with Gasteiger partial charge in [-0.05, 0) is 42.8 Å². The summed E-state index contributed by atoms with van der Waals surface area (Å²) in [5.41, 5.74) is 2.47. The molecule has 23 heavy (non-hydrogen) atoms. The molecule has 2 aromatic rings. The van der Waals surface area contributed by atoms with Gasteiger partial charge in [0.15, 0.2) is 0 Å². The third kappa shape index (κ3) is 3.17. The summed E-state index contributed by atoms with van der Waals surface area (Å²) in [6, 6.07) is 10.3. The molecule has 2 aromatic carbocycles. The molecule has 0 aliphatic carbocycles. The molecular weight excluding hydrogens is 314 g/mol. The summed E-state index contributed by atoms with van der Waals surface area (Å²) in [6.07, 6.45) is 2.54. The molecule has 0 unspecified atom stereocenters. The van der Waals surface area contributed by atoms with E-state index in [4.69, 9.17) is 16.3 Å². The smallest absolute Gasteiger partial charge is 0.256 e. The van der Waals surface area contributed by atoms with Gasteiger partial charge in [0, 0.05) is 33.5 Å². The first-order valence-electron chi connectivity index (χ1n) is 7.37. The van der Waals surface area contributed by atoms with Crippen LogP contribution in [0.25, 0.3) is 11.6 Å². The Balaban J connectivity index is 1.96. The van der Waals surface area contributed by atoms with E-state index in [0.717, 1.165) is 12.0 Å². The van der Waals surface area contributed by atoms with E-state index in [2.05, 4.69) is 5.32 Å². The lowest BCUT2D eigenvalue weighted by molar-refractivity contribution is -0.110. The highest BCUT2D eigenvalue weighted by molar-refractivity contribution is 6.36. The highest BCUT2D eigenvalue weighted by Gasteiger charge is 2.24. The van der Waals surface area contributed by atoms with Crippen LogP contribution in [0.1, 0.15) is 24.5 Å². The molecule has 0 bridgehead atoms. The normalized spacial score (nSPS) is 14.7. The summed E-state index contributed by atoms with van der Waals surface area (Å²) in [5, 5.41) is 13.5. The van der Waals surface area contributed by atoms with Crippen molar-refractivity contribution in [2.45, 2.75) is 13.3 Å². The van der Waals surface area contributed by atoms with Gasteiger partial charge in [0.2, 0.25) is 0 Å². The largest absolute Gasteiger partial charge is 0.507 e. The summed E-state index contributed by atoms with van der Waals surface area (Å²) in [4.78, 5) is 12.1. The molecular formula is C18H16ClNO3. The van der Waals surface area contributed by atoms with Gasteiger partial charge in [-0.3, -0.25) is 4.79 Å². The number of carbonyl (C=O) groups excluding carboxylic acids is 1. The third-order valence-corrected chi connectivity index (χ3v) is 3.77. The van der Waals surface area contributed by atoms with E-state index < -0.39 is 0 Å². The molecule has 3 rings (SSSR count). The highest BCUT2D eigenvalue weighted by atomic mass is 35.5. The molecule has 0 radical (unpaired) electrons. The van der Waals surface area contributed by atoms with Crippen molar-refractivity contribution in [3.05, 3.63) is 52.5 Å². The van der Waals surface area contributed by atoms with Crippen LogP contribution in [0.5, 0.6) is 11.5 Å². The lowest BCUT2D eigenvalue weighted by atomic mass is 10.0. The average molecular weight is 330 g/mol. The fraction of sp³-hybridized carbons (Fsp3) is 0.167. The number of fused-ring (bicyclic) bond motifs is 1. The van der Waals surface area contributed by atoms with Crippen LogP contribution in [0.4, 0.5) is 5.69 Å². The molecule has 118 valence electrons. The first kappa shape index (κ1) is 15.4. The Kier molecular flexibility index (Phi) is 4.26. The topological polar surface area (TPSA) is 58.6 Å². The van der Waals surface area contributed by atoms with Gasteiger partial charge in [-0.15, -0.1) is 0 Å². The van der Waals surface area contributed by atoms with E-state index in [1.165, 1.54) is 0 Å². The number of hydrogen-bond acceptors (Lipinski definition) is 3. The van der Waals surface area contributed by atoms with Crippen molar-refractivity contribution in [3.8, 4) is 11.5 Å². The maximum atomic E-state index is 12.1. The molecule has 0 aromatic heterocycles. The second kappa shape index (κ2) is 6.34. The quantitative estimate of drug-likeness (QED) is 0.821. The predicted molar refractivity (Wildman–Crippen MR) is 91.8 cm³/mol. The Hall–Kier alpha value is -2.46. The zero-order chi connectivity index (χ0) is 16.4. The average Bonchev–Trinajstić information content (AvgIpc) is 2.83. The fourth-order valence-corrected chi connectivity index (χ4v) is 2.59. The zero-order valence-electron chi connectivity index (χ0n) is 12.6. The van der Waals surface area contributed by atoms with E-state index >= 15 is 0 Å². The van der Waals surface area contributed by atoms with Crippen molar-refractivity contribution in [2.75, 3.05) is 11.9 Å². The molecule has 0 fully saturated rings. The van der Waals surface area contributed by atoms with E-state index in [1.807, 2.05) is 6.92 Å². The number of rotatable bonds is 4. The molecule has 1 aliphatic rings. The predicted octanol–water partition coefficient (Wildman–Crippen LogP) is 4.33. The van der Waals surface area contributed by atoms with Gasteiger partial charge in [0.1, 0.15) is 11.5 Å². The Bertz CT molecular complexity index is 799. The molecule has 1 amide bonds. The molecule has 2 N–H and O–H groups in total. The van der Waals surface area contributed by atoms with E-state index in [-0.39, 0.29) is 11.7 Å². The van der Waals surface area contributed by atoms with Crippen LogP contribution >= 0.6 is 11.6 Å². The number of amides is 1. The first-order chi connectivity index (χ1) is 11.1. The van der Waals surface area contributed by atoms with Gasteiger partial charge in [0.25, 0.3) is 5.91 Å². The number of aromatic hydroxyl groups is 1. The summed E-state index contributed by atoms with van der Waals surface area (Å²) in [6.45, 7) is 2.61. The highest BCUT2D eigenvalue weighted by Crippen LogP contribution is 2.36. The van der Waals surface area contributed by atoms with Crippen LogP contribution in [-0.4, -0.2) is 17.6 Å². The van der Waals surface area contributed by atoms with Crippen molar-refractivity contribution in [2.24, 2.45) is 0 Å². The molecule has 5 heteroatoms. The first-order valence-corrected chi connectivity index (χ1v) is 7.75. The number of halogens is 1. The van der Waals surface area contributed by atoms with E-state index in [9.17, 15) is 9.90 Å². The van der Waals surface area contributed by atoms with Crippen molar-refractivity contribution in [3.63, 3.8) is 0 Å². The maximum absolute atomic E-state index is 12.1. The number of ether oxygens (including phenoxy) is 1. The zero-order valence-corrected chi connectivity index (χ0v) is 13.4. The van der Waals surface area contributed by atoms with Crippen LogP contribution in [0.3, 0.4) is 0 Å². The second-order valence-corrected chi connectivity index (χ2v) is 5.71. The Morgan fingerprint density at radius 2 is 2.09 bits per heavy atom. The van der Waals surface area contributed by atoms with Gasteiger partial charge < -0.3 is 15.2 Å². The van der Waals surface area contributed by atoms with Crippen molar-refractivity contribution in [1.29, 1.82) is 0 Å². The van der Waals surface area contributed by atoms with Crippen LogP contribution < -0.4 is 10.1 Å². The number of benzene rings is 2. The van der Waals surface area contributed by atoms with Crippen molar-refractivity contribution < 1.29 is 14.6 Å². The number of nitrogens with one attached hydrogen (secondary N) is 1. The number of carbonyl (C=O) groups is 1. The Morgan fingerprint density at radius 3 is 2.83 bits per heavy atom. The summed E-state index contributed by atoms with van der Waals surface area (Å²) < 4.78 is 5.48. The molecule has 0 spiro atoms. The summed E-state index contributed by atoms with van der Waals surface area (Å²) in [7, 11) is 0. The van der Waals surface area contributed by atoms with Crippen LogP contribution in [0.2, 0.25) is 5.02 Å². The van der Waals surface area contributed by atoms with Crippen LogP contribution in [-0.2, 0) is 4.79 Å². The Labute approximate surface area is 139 Å². The van der Waals surface area contributed by atoms with E-state index in [1.54, 1.807) is 42.5 Å². The third-order valence-electron chi connectivity index (χ3n) is 3.54. The van der Waals surface area contributed by atoms with Gasteiger partial charge in [-0.2, -0.15) is 0 Å². The number of phenols is 1. The van der Waals surface area contributed by atoms with Crippen molar-refractivity contribution in [1.82, 2.24) is 0 Å². The molecule has 1 heterocycles. The lowest BCUT2D eigenvalue weighted by Crippen LogP contribution is -2.03. The number of anilines is 1. The van der Waals surface area contributed by atoms with Gasteiger partial charge in [-0.25, -0.2) is 0 Å². The fourth-order valence-electron chi connectivity index (χ4n) is 2.41. The van der Waals surface area contributed by atoms with Crippen LogP contribution in [0, 0.1) is 0 Å². The number of hydrogen-bond donors (Lipinski definition) is 2. The van der Waals surface area contributed by atoms with Crippen LogP contribution in [0.15, 0.2) is 36.4 Å². The molecule has 0 saturated carbocycles. The molecule has 0 saturated heterocycles. The maximum Gasteiger partial charge on any atom is 0.256 e. The SMILES string of the molecule is CCCOc1ccc(C=C2C(=O)Nc3ccc(Cl)cc32)c(O)c1. The minimum atomic E-state index is -0.215. The summed E-state index contributed by atoms with van der Waals surface area (Å²) in [5.74, 6) is 0.452. The van der Waals surface area contributed by atoms with E-state index in [0.29, 0.717) is 34.2 Å². The molecule has 1 aliphatic heterocycles. The second-order valence-electron chi connectivity index (χ2n) is 5.27. The molecule has 4 nitrogen and oxygen atoms in total. The van der Waals surface area contributed by atoms with Gasteiger partial charge in [0.05, 0.1) is 6.61 Å². The summed E-state index contributed by atoms with van der Waals surface area (Å²) >= 11 is 6.01. The van der Waals surface area contributed by atoms with Gasteiger partial charge >= 0.3 is 0 Å². The lowest BCUT2D eigenvalue weighted by Gasteiger charge is -2.07. The number of phenolic OH excluding ortho intramolecular Hbond substituents is 1. The minimum absolute atomic E-state index is 0.0642. The monoisotopic (exact) mass is 329 g/mol. The van der Waals surface area contributed by atoms with Gasteiger partial charge in [-0.1, -0.05) is 18.5 Å². The minimum Gasteiger partial charge on any atom is -0.507 e. The standard InChI is InChI=1S/C18H16ClNO3/c1-2-7-23-13-5-3-11(17(21)10-13)8-15-14-9-12(19)4-6-16(14)20-18(15)22/h3-6,8-10,21H,2,7H2,1H3,(H,20,22).